The quantitative estimate of drug-likeness (QED) is 0.855. The lowest BCUT2D eigenvalue weighted by molar-refractivity contribution is 0.109. The minimum atomic E-state index is -0.310. The first-order valence-electron chi connectivity index (χ1n) is 7.11. The van der Waals surface area contributed by atoms with Crippen molar-refractivity contribution in [1.82, 2.24) is 0 Å². The standard InChI is InChI=1S/C16H24O2/c1-3-10-18-15-8-6-13(7-9-15)16(17)14-5-4-12(2)11-14/h6-9,12,14,16-17H,3-5,10-11H2,1-2H3. The maximum absolute atomic E-state index is 10.4. The van der Waals surface area contributed by atoms with Crippen LogP contribution in [-0.2, 0) is 0 Å². The minimum Gasteiger partial charge on any atom is -0.494 e. The summed E-state index contributed by atoms with van der Waals surface area (Å²) in [4.78, 5) is 0. The number of aliphatic hydroxyl groups excluding tert-OH is 1. The Kier molecular flexibility index (Phi) is 4.65. The van der Waals surface area contributed by atoms with Crippen LogP contribution in [0.2, 0.25) is 0 Å². The second-order valence-corrected chi connectivity index (χ2v) is 5.54. The molecular weight excluding hydrogens is 224 g/mol. The average Bonchev–Trinajstić information content (AvgIpc) is 2.83. The molecule has 1 aliphatic rings. The van der Waals surface area contributed by atoms with E-state index in [1.165, 1.54) is 6.42 Å². The van der Waals surface area contributed by atoms with Crippen LogP contribution in [0.4, 0.5) is 0 Å². The van der Waals surface area contributed by atoms with E-state index in [1.807, 2.05) is 24.3 Å². The minimum absolute atomic E-state index is 0.310. The Balaban J connectivity index is 1.96. The summed E-state index contributed by atoms with van der Waals surface area (Å²) in [5.74, 6) is 2.09. The predicted octanol–water partition coefficient (Wildman–Crippen LogP) is 3.95. The lowest BCUT2D eigenvalue weighted by Crippen LogP contribution is -2.09. The van der Waals surface area contributed by atoms with Gasteiger partial charge in [-0.2, -0.15) is 0 Å². The second kappa shape index (κ2) is 6.24. The highest BCUT2D eigenvalue weighted by atomic mass is 16.5. The molecule has 0 heterocycles. The highest BCUT2D eigenvalue weighted by Gasteiger charge is 2.28. The van der Waals surface area contributed by atoms with Gasteiger partial charge in [0.2, 0.25) is 0 Å². The van der Waals surface area contributed by atoms with E-state index in [2.05, 4.69) is 13.8 Å². The highest BCUT2D eigenvalue weighted by Crippen LogP contribution is 2.38. The fraction of sp³-hybridized carbons (Fsp3) is 0.625. The largest absolute Gasteiger partial charge is 0.494 e. The topological polar surface area (TPSA) is 29.5 Å². The maximum Gasteiger partial charge on any atom is 0.119 e. The molecule has 100 valence electrons. The van der Waals surface area contributed by atoms with E-state index in [-0.39, 0.29) is 6.10 Å². The van der Waals surface area contributed by atoms with Crippen LogP contribution < -0.4 is 4.74 Å². The van der Waals surface area contributed by atoms with E-state index in [4.69, 9.17) is 4.74 Å². The van der Waals surface area contributed by atoms with Gasteiger partial charge in [0.15, 0.2) is 0 Å². The van der Waals surface area contributed by atoms with Crippen LogP contribution in [0.25, 0.3) is 0 Å². The average molecular weight is 248 g/mol. The van der Waals surface area contributed by atoms with E-state index >= 15 is 0 Å². The van der Waals surface area contributed by atoms with Gasteiger partial charge in [-0.1, -0.05) is 32.4 Å². The van der Waals surface area contributed by atoms with E-state index in [9.17, 15) is 5.11 Å². The molecule has 0 radical (unpaired) electrons. The molecule has 2 heteroatoms. The van der Waals surface area contributed by atoms with Crippen LogP contribution in [0.5, 0.6) is 5.75 Å². The Labute approximate surface area is 110 Å². The molecule has 1 aromatic carbocycles. The van der Waals surface area contributed by atoms with Gasteiger partial charge in [0.05, 0.1) is 12.7 Å². The van der Waals surface area contributed by atoms with Crippen molar-refractivity contribution < 1.29 is 9.84 Å². The smallest absolute Gasteiger partial charge is 0.119 e. The zero-order valence-electron chi connectivity index (χ0n) is 11.4. The van der Waals surface area contributed by atoms with Crippen LogP contribution in [0.15, 0.2) is 24.3 Å². The number of ether oxygens (including phenoxy) is 1. The molecule has 1 saturated carbocycles. The summed E-state index contributed by atoms with van der Waals surface area (Å²) in [5.41, 5.74) is 1.03. The Morgan fingerprint density at radius 1 is 1.28 bits per heavy atom. The summed E-state index contributed by atoms with van der Waals surface area (Å²) in [6.07, 6.45) is 4.25. The third-order valence-corrected chi connectivity index (χ3v) is 3.88. The van der Waals surface area contributed by atoms with Crippen molar-refractivity contribution in [3.8, 4) is 5.75 Å². The van der Waals surface area contributed by atoms with Crippen molar-refractivity contribution in [2.45, 2.75) is 45.6 Å². The zero-order chi connectivity index (χ0) is 13.0. The summed E-state index contributed by atoms with van der Waals surface area (Å²) in [5, 5.41) is 10.4. The summed E-state index contributed by atoms with van der Waals surface area (Å²) in [6.45, 7) is 5.12. The number of hydrogen-bond acceptors (Lipinski definition) is 2. The summed E-state index contributed by atoms with van der Waals surface area (Å²) in [6, 6.07) is 7.93. The first-order valence-corrected chi connectivity index (χ1v) is 7.11. The zero-order valence-corrected chi connectivity index (χ0v) is 11.4. The van der Waals surface area contributed by atoms with Gasteiger partial charge in [-0.25, -0.2) is 0 Å². The lowest BCUT2D eigenvalue weighted by atomic mass is 9.93. The van der Waals surface area contributed by atoms with Crippen molar-refractivity contribution in [3.05, 3.63) is 29.8 Å². The van der Waals surface area contributed by atoms with Gasteiger partial charge in [0, 0.05) is 0 Å². The number of aliphatic hydroxyl groups is 1. The molecule has 0 aliphatic heterocycles. The Morgan fingerprint density at radius 2 is 2.00 bits per heavy atom. The van der Waals surface area contributed by atoms with Gasteiger partial charge in [-0.15, -0.1) is 0 Å². The summed E-state index contributed by atoms with van der Waals surface area (Å²) in [7, 11) is 0. The highest BCUT2D eigenvalue weighted by molar-refractivity contribution is 5.28. The first kappa shape index (κ1) is 13.4. The Bertz CT molecular complexity index is 358. The fourth-order valence-electron chi connectivity index (χ4n) is 2.79. The molecular formula is C16H24O2. The number of benzene rings is 1. The molecule has 0 spiro atoms. The normalized spacial score (nSPS) is 25.1. The SMILES string of the molecule is CCCOc1ccc(C(O)C2CCC(C)C2)cc1. The molecule has 0 saturated heterocycles. The van der Waals surface area contributed by atoms with Crippen molar-refractivity contribution in [3.63, 3.8) is 0 Å². The molecule has 3 atom stereocenters. The van der Waals surface area contributed by atoms with E-state index in [0.29, 0.717) is 5.92 Å². The molecule has 2 rings (SSSR count). The Morgan fingerprint density at radius 3 is 2.56 bits per heavy atom. The molecule has 2 nitrogen and oxygen atoms in total. The van der Waals surface area contributed by atoms with Crippen LogP contribution in [-0.4, -0.2) is 11.7 Å². The summed E-state index contributed by atoms with van der Waals surface area (Å²) < 4.78 is 5.55. The second-order valence-electron chi connectivity index (χ2n) is 5.54. The molecule has 1 aliphatic carbocycles. The van der Waals surface area contributed by atoms with Crippen molar-refractivity contribution >= 4 is 0 Å². The van der Waals surface area contributed by atoms with Crippen LogP contribution in [0, 0.1) is 11.8 Å². The van der Waals surface area contributed by atoms with Crippen molar-refractivity contribution in [2.24, 2.45) is 11.8 Å². The van der Waals surface area contributed by atoms with Gasteiger partial charge < -0.3 is 9.84 Å². The molecule has 1 aromatic rings. The first-order chi connectivity index (χ1) is 8.70. The maximum atomic E-state index is 10.4. The monoisotopic (exact) mass is 248 g/mol. The van der Waals surface area contributed by atoms with E-state index in [0.717, 1.165) is 43.1 Å². The van der Waals surface area contributed by atoms with Crippen LogP contribution in [0.3, 0.4) is 0 Å². The van der Waals surface area contributed by atoms with Gasteiger partial charge in [-0.05, 0) is 48.8 Å². The van der Waals surface area contributed by atoms with Gasteiger partial charge in [0.25, 0.3) is 0 Å². The van der Waals surface area contributed by atoms with Crippen molar-refractivity contribution in [1.29, 1.82) is 0 Å². The molecule has 1 N–H and O–H groups in total. The van der Waals surface area contributed by atoms with Crippen LogP contribution in [0.1, 0.15) is 51.2 Å². The predicted molar refractivity (Wildman–Crippen MR) is 73.7 cm³/mol. The van der Waals surface area contributed by atoms with Crippen molar-refractivity contribution in [2.75, 3.05) is 6.61 Å². The molecule has 0 aromatic heterocycles. The molecule has 18 heavy (non-hydrogen) atoms. The van der Waals surface area contributed by atoms with E-state index < -0.39 is 0 Å². The van der Waals surface area contributed by atoms with Crippen LogP contribution >= 0.6 is 0 Å². The van der Waals surface area contributed by atoms with E-state index in [1.54, 1.807) is 0 Å². The molecule has 0 amide bonds. The third kappa shape index (κ3) is 3.26. The summed E-state index contributed by atoms with van der Waals surface area (Å²) >= 11 is 0. The third-order valence-electron chi connectivity index (χ3n) is 3.88. The Hall–Kier alpha value is -1.02. The van der Waals surface area contributed by atoms with Gasteiger partial charge >= 0.3 is 0 Å². The van der Waals surface area contributed by atoms with Gasteiger partial charge in [0.1, 0.15) is 5.75 Å². The molecule has 3 unspecified atom stereocenters. The molecule has 1 fully saturated rings. The molecule has 0 bridgehead atoms. The van der Waals surface area contributed by atoms with Gasteiger partial charge in [-0.3, -0.25) is 0 Å². The number of hydrogen-bond donors (Lipinski definition) is 1. The fourth-order valence-corrected chi connectivity index (χ4v) is 2.79. The number of rotatable bonds is 5. The lowest BCUT2D eigenvalue weighted by Gasteiger charge is -2.18.